The molecule has 3 rings (SSSR count). The summed E-state index contributed by atoms with van der Waals surface area (Å²) in [6.07, 6.45) is 5.01. The molecule has 0 aliphatic heterocycles. The second kappa shape index (κ2) is 5.21. The molecule has 0 bridgehead atoms. The van der Waals surface area contributed by atoms with Crippen LogP contribution in [0.3, 0.4) is 0 Å². The first-order valence-electron chi connectivity index (χ1n) is 5.80. The van der Waals surface area contributed by atoms with Crippen molar-refractivity contribution in [2.24, 2.45) is 0 Å². The molecule has 0 atom stereocenters. The van der Waals surface area contributed by atoms with Crippen molar-refractivity contribution in [3.05, 3.63) is 35.3 Å². The van der Waals surface area contributed by atoms with Crippen LogP contribution in [0.4, 0.5) is 11.9 Å². The third kappa shape index (κ3) is 2.57. The third-order valence-corrected chi connectivity index (χ3v) is 3.22. The van der Waals surface area contributed by atoms with E-state index in [1.165, 1.54) is 0 Å². The highest BCUT2D eigenvalue weighted by atomic mass is 32.1. The second-order valence-corrected chi connectivity index (χ2v) is 4.82. The number of anilines is 2. The Morgan fingerprint density at radius 2 is 2.25 bits per heavy atom. The summed E-state index contributed by atoms with van der Waals surface area (Å²) >= 11 is 1.55. The van der Waals surface area contributed by atoms with Crippen LogP contribution in [0, 0.1) is 0 Å². The van der Waals surface area contributed by atoms with Crippen LogP contribution in [0.5, 0.6) is 0 Å². The summed E-state index contributed by atoms with van der Waals surface area (Å²) in [4.78, 5) is 22.7. The van der Waals surface area contributed by atoms with Crippen molar-refractivity contribution >= 4 is 23.2 Å². The van der Waals surface area contributed by atoms with Crippen molar-refractivity contribution in [3.63, 3.8) is 0 Å². The maximum Gasteiger partial charge on any atom is 0.241 e. The molecule has 0 saturated heterocycles. The van der Waals surface area contributed by atoms with Gasteiger partial charge in [0.15, 0.2) is 0 Å². The molecule has 0 aromatic carbocycles. The monoisotopic (exact) mass is 288 g/mol. The van der Waals surface area contributed by atoms with Crippen LogP contribution < -0.4 is 10.6 Å². The molecule has 3 aromatic rings. The highest BCUT2D eigenvalue weighted by molar-refractivity contribution is 7.07. The Kier molecular flexibility index (Phi) is 3.25. The van der Waals surface area contributed by atoms with Gasteiger partial charge in [-0.1, -0.05) is 0 Å². The summed E-state index contributed by atoms with van der Waals surface area (Å²) in [5, 5.41) is 1.98. The molecule has 3 aromatic heterocycles. The maximum atomic E-state index is 5.74. The number of nitrogen functional groups attached to an aromatic ring is 1. The smallest absolute Gasteiger partial charge is 0.241 e. The van der Waals surface area contributed by atoms with E-state index in [4.69, 9.17) is 5.73 Å². The summed E-state index contributed by atoms with van der Waals surface area (Å²) < 4.78 is 1.68. The largest absolute Gasteiger partial charge is 0.368 e. The average molecular weight is 288 g/mol. The first-order valence-corrected chi connectivity index (χ1v) is 6.75. The lowest BCUT2D eigenvalue weighted by molar-refractivity contribution is 0.816. The molecule has 0 spiro atoms. The number of imidazole rings is 1. The number of nitrogens with two attached hydrogens (primary N) is 1. The van der Waals surface area contributed by atoms with Gasteiger partial charge in [0.2, 0.25) is 17.8 Å². The summed E-state index contributed by atoms with van der Waals surface area (Å²) in [6, 6.07) is 0. The summed E-state index contributed by atoms with van der Waals surface area (Å²) in [6.45, 7) is 0.607. The molecule has 9 heteroatoms. The van der Waals surface area contributed by atoms with Crippen LogP contribution in [0.25, 0.3) is 5.95 Å². The van der Waals surface area contributed by atoms with Crippen molar-refractivity contribution in [1.29, 1.82) is 0 Å². The lowest BCUT2D eigenvalue weighted by atomic mass is 10.4. The lowest BCUT2D eigenvalue weighted by Gasteiger charge is -2.16. The highest BCUT2D eigenvalue weighted by Gasteiger charge is 2.11. The molecule has 0 saturated carbocycles. The summed E-state index contributed by atoms with van der Waals surface area (Å²) in [5.74, 6) is 1.10. The van der Waals surface area contributed by atoms with Gasteiger partial charge in [-0.25, -0.2) is 9.97 Å². The van der Waals surface area contributed by atoms with Gasteiger partial charge in [0.05, 0.1) is 17.7 Å². The molecule has 3 heterocycles. The molecule has 0 unspecified atom stereocenters. The molecule has 2 N–H and O–H groups in total. The Bertz CT molecular complexity index is 679. The molecular formula is C11H12N8S. The quantitative estimate of drug-likeness (QED) is 0.755. The number of nitrogens with zero attached hydrogens (tertiary/aromatic N) is 7. The molecule has 102 valence electrons. The van der Waals surface area contributed by atoms with Crippen LogP contribution in [-0.4, -0.2) is 36.5 Å². The minimum Gasteiger partial charge on any atom is -0.368 e. The van der Waals surface area contributed by atoms with Crippen LogP contribution in [0.2, 0.25) is 0 Å². The molecule has 8 nitrogen and oxygen atoms in total. The molecule has 20 heavy (non-hydrogen) atoms. The Hall–Kier alpha value is -2.55. The molecular weight excluding hydrogens is 276 g/mol. The number of thiazole rings is 1. The van der Waals surface area contributed by atoms with Gasteiger partial charge in [-0.3, -0.25) is 4.57 Å². The Morgan fingerprint density at radius 1 is 1.35 bits per heavy atom. The molecule has 0 aliphatic carbocycles. The fraction of sp³-hybridized carbons (Fsp3) is 0.182. The number of rotatable bonds is 4. The van der Waals surface area contributed by atoms with Crippen molar-refractivity contribution in [2.45, 2.75) is 6.54 Å². The standard InChI is InChI=1S/C11H12N8S/c1-18(4-8-5-20-7-14-8)10-15-9(12)16-11(17-10)19-3-2-13-6-19/h2-3,5-7H,4H2,1H3,(H2,12,15,16,17). The van der Waals surface area contributed by atoms with Crippen molar-refractivity contribution in [2.75, 3.05) is 17.7 Å². The van der Waals surface area contributed by atoms with Gasteiger partial charge in [-0.15, -0.1) is 11.3 Å². The predicted molar refractivity (Wildman–Crippen MR) is 75.6 cm³/mol. The van der Waals surface area contributed by atoms with Gasteiger partial charge in [0.1, 0.15) is 6.33 Å². The normalized spacial score (nSPS) is 10.7. The van der Waals surface area contributed by atoms with E-state index in [0.717, 1.165) is 5.69 Å². The molecule has 0 fully saturated rings. The summed E-state index contributed by atoms with van der Waals surface area (Å²) in [7, 11) is 1.88. The van der Waals surface area contributed by atoms with E-state index in [1.54, 1.807) is 40.1 Å². The average Bonchev–Trinajstić information content (AvgIpc) is 3.11. The molecule has 0 aliphatic rings. The van der Waals surface area contributed by atoms with E-state index >= 15 is 0 Å². The second-order valence-electron chi connectivity index (χ2n) is 4.10. The zero-order valence-electron chi connectivity index (χ0n) is 10.7. The van der Waals surface area contributed by atoms with Crippen LogP contribution >= 0.6 is 11.3 Å². The molecule has 0 radical (unpaired) electrons. The van der Waals surface area contributed by atoms with E-state index in [2.05, 4.69) is 24.9 Å². The van der Waals surface area contributed by atoms with Crippen molar-refractivity contribution < 1.29 is 0 Å². The van der Waals surface area contributed by atoms with Crippen LogP contribution in [0.15, 0.2) is 29.6 Å². The van der Waals surface area contributed by atoms with Gasteiger partial charge in [-0.2, -0.15) is 15.0 Å². The lowest BCUT2D eigenvalue weighted by Crippen LogP contribution is -2.21. The predicted octanol–water partition coefficient (Wildman–Crippen LogP) is 0.732. The fourth-order valence-corrected chi connectivity index (χ4v) is 2.21. The van der Waals surface area contributed by atoms with E-state index in [1.807, 2.05) is 17.3 Å². The van der Waals surface area contributed by atoms with Gasteiger partial charge in [0, 0.05) is 24.8 Å². The number of hydrogen-bond acceptors (Lipinski definition) is 8. The van der Waals surface area contributed by atoms with Crippen LogP contribution in [-0.2, 0) is 6.54 Å². The van der Waals surface area contributed by atoms with Crippen molar-refractivity contribution in [1.82, 2.24) is 29.5 Å². The highest BCUT2D eigenvalue weighted by Crippen LogP contribution is 2.13. The third-order valence-electron chi connectivity index (χ3n) is 2.59. The Balaban J connectivity index is 1.89. The zero-order chi connectivity index (χ0) is 13.9. The van der Waals surface area contributed by atoms with E-state index in [-0.39, 0.29) is 5.95 Å². The SMILES string of the molecule is CN(Cc1cscn1)c1nc(N)nc(-n2ccnc2)n1. The van der Waals surface area contributed by atoms with Gasteiger partial charge < -0.3 is 10.6 Å². The van der Waals surface area contributed by atoms with Gasteiger partial charge in [0.25, 0.3) is 0 Å². The Morgan fingerprint density at radius 3 is 2.95 bits per heavy atom. The minimum absolute atomic E-state index is 0.170. The zero-order valence-corrected chi connectivity index (χ0v) is 11.5. The Labute approximate surface area is 119 Å². The topological polar surface area (TPSA) is 98.6 Å². The van der Waals surface area contributed by atoms with E-state index in [0.29, 0.717) is 18.4 Å². The fourth-order valence-electron chi connectivity index (χ4n) is 1.66. The minimum atomic E-state index is 0.170. The van der Waals surface area contributed by atoms with E-state index < -0.39 is 0 Å². The first-order chi connectivity index (χ1) is 9.72. The maximum absolute atomic E-state index is 5.74. The number of hydrogen-bond donors (Lipinski definition) is 1. The van der Waals surface area contributed by atoms with Crippen molar-refractivity contribution in [3.8, 4) is 5.95 Å². The summed E-state index contributed by atoms with van der Waals surface area (Å²) in [5.41, 5.74) is 8.49. The first kappa shape index (κ1) is 12.5. The molecule has 0 amide bonds. The van der Waals surface area contributed by atoms with E-state index in [9.17, 15) is 0 Å². The van der Waals surface area contributed by atoms with Gasteiger partial charge >= 0.3 is 0 Å². The van der Waals surface area contributed by atoms with Crippen LogP contribution in [0.1, 0.15) is 5.69 Å². The number of aromatic nitrogens is 6. The van der Waals surface area contributed by atoms with Gasteiger partial charge in [-0.05, 0) is 0 Å².